The van der Waals surface area contributed by atoms with E-state index in [1.54, 1.807) is 19.2 Å². The molecule has 4 heteroatoms. The monoisotopic (exact) mass is 252 g/mol. The Bertz CT molecular complexity index is 409. The van der Waals surface area contributed by atoms with Gasteiger partial charge in [-0.15, -0.1) is 0 Å². The number of ether oxygens (including phenoxy) is 1. The molecule has 0 aromatic heterocycles. The lowest BCUT2D eigenvalue weighted by Gasteiger charge is -2.40. The molecule has 1 unspecified atom stereocenters. The molecule has 1 fully saturated rings. The van der Waals surface area contributed by atoms with Crippen LogP contribution in [0.5, 0.6) is 5.75 Å². The highest BCUT2D eigenvalue weighted by Gasteiger charge is 2.27. The molecule has 1 aliphatic heterocycles. The highest BCUT2D eigenvalue weighted by atomic mass is 19.1. The lowest BCUT2D eigenvalue weighted by Crippen LogP contribution is -2.54. The second-order valence-corrected chi connectivity index (χ2v) is 5.03. The van der Waals surface area contributed by atoms with Crippen LogP contribution in [0.1, 0.15) is 13.8 Å². The van der Waals surface area contributed by atoms with Crippen LogP contribution >= 0.6 is 0 Å². The third kappa shape index (κ3) is 2.58. The molecule has 0 spiro atoms. The van der Waals surface area contributed by atoms with E-state index in [2.05, 4.69) is 24.1 Å². The van der Waals surface area contributed by atoms with Gasteiger partial charge in [-0.25, -0.2) is 4.39 Å². The maximum absolute atomic E-state index is 14.0. The number of nitrogens with one attached hydrogen (secondary N) is 1. The molecule has 100 valence electrons. The number of nitrogens with zero attached hydrogens (tertiary/aromatic N) is 1. The number of hydrogen-bond acceptors (Lipinski definition) is 3. The molecule has 1 aromatic rings. The molecule has 1 aromatic carbocycles. The summed E-state index contributed by atoms with van der Waals surface area (Å²) < 4.78 is 19.2. The quantitative estimate of drug-likeness (QED) is 0.893. The Hall–Kier alpha value is -1.29. The molecule has 0 radical (unpaired) electrons. The number of hydrogen-bond donors (Lipinski definition) is 1. The average molecular weight is 252 g/mol. The van der Waals surface area contributed by atoms with Crippen molar-refractivity contribution in [1.82, 2.24) is 5.32 Å². The summed E-state index contributed by atoms with van der Waals surface area (Å²) in [5.41, 5.74) is 0.648. The van der Waals surface area contributed by atoms with Crippen LogP contribution in [0.4, 0.5) is 10.1 Å². The third-order valence-corrected chi connectivity index (χ3v) is 3.52. The van der Waals surface area contributed by atoms with Crippen LogP contribution in [-0.4, -0.2) is 32.8 Å². The maximum atomic E-state index is 14.0. The van der Waals surface area contributed by atoms with Gasteiger partial charge in [0.25, 0.3) is 0 Å². The topological polar surface area (TPSA) is 24.5 Å². The molecule has 0 aliphatic carbocycles. The Kier molecular flexibility index (Phi) is 4.07. The molecular formula is C14H21FN2O. The van der Waals surface area contributed by atoms with E-state index < -0.39 is 0 Å². The van der Waals surface area contributed by atoms with E-state index in [0.717, 1.165) is 19.6 Å². The Balaban J connectivity index is 2.32. The fourth-order valence-electron chi connectivity index (χ4n) is 2.46. The SMILES string of the molecule is COc1ccc(F)c(N2CCNCC2C(C)C)c1. The summed E-state index contributed by atoms with van der Waals surface area (Å²) in [6.07, 6.45) is 0. The van der Waals surface area contributed by atoms with Crippen LogP contribution in [0.2, 0.25) is 0 Å². The largest absolute Gasteiger partial charge is 0.497 e. The third-order valence-electron chi connectivity index (χ3n) is 3.52. The van der Waals surface area contributed by atoms with Gasteiger partial charge in [0.05, 0.1) is 12.8 Å². The molecular weight excluding hydrogens is 231 g/mol. The fraction of sp³-hybridized carbons (Fsp3) is 0.571. The van der Waals surface area contributed by atoms with Crippen molar-refractivity contribution >= 4 is 5.69 Å². The lowest BCUT2D eigenvalue weighted by molar-refractivity contribution is 0.384. The first kappa shape index (κ1) is 13.1. The highest BCUT2D eigenvalue weighted by Crippen LogP contribution is 2.28. The van der Waals surface area contributed by atoms with E-state index in [4.69, 9.17) is 4.74 Å². The average Bonchev–Trinajstić information content (AvgIpc) is 2.39. The van der Waals surface area contributed by atoms with Gasteiger partial charge in [0.15, 0.2) is 0 Å². The van der Waals surface area contributed by atoms with E-state index in [1.807, 2.05) is 0 Å². The number of benzene rings is 1. The van der Waals surface area contributed by atoms with E-state index in [0.29, 0.717) is 23.4 Å². The number of anilines is 1. The van der Waals surface area contributed by atoms with Crippen molar-refractivity contribution in [2.45, 2.75) is 19.9 Å². The smallest absolute Gasteiger partial charge is 0.146 e. The van der Waals surface area contributed by atoms with E-state index in [-0.39, 0.29) is 5.82 Å². The summed E-state index contributed by atoms with van der Waals surface area (Å²) in [5, 5.41) is 3.37. The molecule has 0 saturated carbocycles. The predicted octanol–water partition coefficient (Wildman–Crippen LogP) is 2.27. The van der Waals surface area contributed by atoms with Gasteiger partial charge in [-0.05, 0) is 18.1 Å². The second kappa shape index (κ2) is 5.57. The molecule has 3 nitrogen and oxygen atoms in total. The molecule has 1 atom stereocenters. The van der Waals surface area contributed by atoms with E-state index in [1.165, 1.54) is 6.07 Å². The summed E-state index contributed by atoms with van der Waals surface area (Å²) in [4.78, 5) is 2.15. The molecule has 1 aliphatic rings. The summed E-state index contributed by atoms with van der Waals surface area (Å²) in [6, 6.07) is 5.25. The summed E-state index contributed by atoms with van der Waals surface area (Å²) in [5.74, 6) is 0.999. The zero-order chi connectivity index (χ0) is 13.1. The minimum absolute atomic E-state index is 0.177. The van der Waals surface area contributed by atoms with Crippen LogP contribution in [0.25, 0.3) is 0 Å². The van der Waals surface area contributed by atoms with Crippen molar-refractivity contribution in [2.75, 3.05) is 31.6 Å². The Labute approximate surface area is 108 Å². The predicted molar refractivity (Wildman–Crippen MR) is 71.8 cm³/mol. The van der Waals surface area contributed by atoms with Crippen molar-refractivity contribution in [2.24, 2.45) is 5.92 Å². The van der Waals surface area contributed by atoms with Crippen molar-refractivity contribution in [3.05, 3.63) is 24.0 Å². The normalized spacial score (nSPS) is 20.3. The summed E-state index contributed by atoms with van der Waals surface area (Å²) >= 11 is 0. The first-order valence-corrected chi connectivity index (χ1v) is 6.44. The number of piperazine rings is 1. The van der Waals surface area contributed by atoms with E-state index >= 15 is 0 Å². The van der Waals surface area contributed by atoms with Crippen molar-refractivity contribution in [3.63, 3.8) is 0 Å². The molecule has 1 saturated heterocycles. The van der Waals surface area contributed by atoms with Crippen LogP contribution in [-0.2, 0) is 0 Å². The minimum Gasteiger partial charge on any atom is -0.497 e. The van der Waals surface area contributed by atoms with Gasteiger partial charge in [0.2, 0.25) is 0 Å². The Morgan fingerprint density at radius 1 is 1.44 bits per heavy atom. The van der Waals surface area contributed by atoms with Crippen molar-refractivity contribution < 1.29 is 9.13 Å². The summed E-state index contributed by atoms with van der Waals surface area (Å²) in [7, 11) is 1.61. The van der Waals surface area contributed by atoms with Gasteiger partial charge in [0.1, 0.15) is 11.6 Å². The first-order valence-electron chi connectivity index (χ1n) is 6.44. The highest BCUT2D eigenvalue weighted by molar-refractivity contribution is 5.53. The number of rotatable bonds is 3. The minimum atomic E-state index is -0.177. The zero-order valence-corrected chi connectivity index (χ0v) is 11.2. The van der Waals surface area contributed by atoms with Gasteiger partial charge in [-0.1, -0.05) is 13.8 Å². The zero-order valence-electron chi connectivity index (χ0n) is 11.2. The van der Waals surface area contributed by atoms with Gasteiger partial charge < -0.3 is 15.0 Å². The van der Waals surface area contributed by atoms with Gasteiger partial charge in [0, 0.05) is 31.7 Å². The van der Waals surface area contributed by atoms with Crippen molar-refractivity contribution in [1.29, 1.82) is 0 Å². The number of halogens is 1. The molecule has 1 heterocycles. The van der Waals surface area contributed by atoms with Gasteiger partial charge in [-0.2, -0.15) is 0 Å². The molecule has 0 amide bonds. The Morgan fingerprint density at radius 2 is 2.22 bits per heavy atom. The maximum Gasteiger partial charge on any atom is 0.146 e. The van der Waals surface area contributed by atoms with Gasteiger partial charge >= 0.3 is 0 Å². The fourth-order valence-corrected chi connectivity index (χ4v) is 2.46. The molecule has 18 heavy (non-hydrogen) atoms. The molecule has 0 bridgehead atoms. The van der Waals surface area contributed by atoms with Gasteiger partial charge in [-0.3, -0.25) is 0 Å². The molecule has 2 rings (SSSR count). The van der Waals surface area contributed by atoms with Crippen LogP contribution in [0.3, 0.4) is 0 Å². The van der Waals surface area contributed by atoms with Crippen LogP contribution in [0, 0.1) is 11.7 Å². The number of methoxy groups -OCH3 is 1. The van der Waals surface area contributed by atoms with Crippen LogP contribution < -0.4 is 15.0 Å². The standard InChI is InChI=1S/C14H21FN2O/c1-10(2)14-9-16-6-7-17(14)13-8-11(18-3)4-5-12(13)15/h4-5,8,10,14,16H,6-7,9H2,1-3H3. The molecule has 1 N–H and O–H groups in total. The van der Waals surface area contributed by atoms with Crippen molar-refractivity contribution in [3.8, 4) is 5.75 Å². The van der Waals surface area contributed by atoms with E-state index in [9.17, 15) is 4.39 Å². The summed E-state index contributed by atoms with van der Waals surface area (Å²) in [6.45, 7) is 6.95. The second-order valence-electron chi connectivity index (χ2n) is 5.03. The van der Waals surface area contributed by atoms with Crippen LogP contribution in [0.15, 0.2) is 18.2 Å². The first-order chi connectivity index (χ1) is 8.63. The lowest BCUT2D eigenvalue weighted by atomic mass is 9.99. The Morgan fingerprint density at radius 3 is 2.89 bits per heavy atom.